The molecular weight excluding hydrogens is 179 g/mol. The molecule has 0 saturated heterocycles. The van der Waals surface area contributed by atoms with Gasteiger partial charge in [0.25, 0.3) is 0 Å². The first kappa shape index (κ1) is 11.8. The third-order valence-corrected chi connectivity index (χ3v) is 2.60. The van der Waals surface area contributed by atoms with Crippen LogP contribution in [0.5, 0.6) is 0 Å². The van der Waals surface area contributed by atoms with E-state index in [4.69, 9.17) is 15.5 Å². The van der Waals surface area contributed by atoms with E-state index in [0.29, 0.717) is 0 Å². The van der Waals surface area contributed by atoms with E-state index in [1.54, 1.807) is 13.8 Å². The van der Waals surface area contributed by atoms with E-state index in [0.717, 1.165) is 0 Å². The molecule has 0 spiro atoms. The zero-order valence-electron chi connectivity index (χ0n) is 7.19. The molecule has 6 heteroatoms. The van der Waals surface area contributed by atoms with Gasteiger partial charge in [-0.15, -0.1) is 0 Å². The molecule has 1 amide bonds. The predicted molar refractivity (Wildman–Crippen MR) is 47.2 cm³/mol. The molecule has 0 aliphatic rings. The summed E-state index contributed by atoms with van der Waals surface area (Å²) >= 11 is 0. The third kappa shape index (κ3) is 3.97. The zero-order chi connectivity index (χ0) is 9.72. The second kappa shape index (κ2) is 5.43. The predicted octanol–water partition coefficient (Wildman–Crippen LogP) is -0.660. The van der Waals surface area contributed by atoms with E-state index in [2.05, 4.69) is 5.32 Å². The van der Waals surface area contributed by atoms with Gasteiger partial charge in [-0.1, -0.05) is 13.8 Å². The van der Waals surface area contributed by atoms with Crippen molar-refractivity contribution in [3.63, 3.8) is 0 Å². The van der Waals surface area contributed by atoms with Gasteiger partial charge < -0.3 is 20.8 Å². The fourth-order valence-electron chi connectivity index (χ4n) is 0.715. The lowest BCUT2D eigenvalue weighted by atomic mass is 10.2. The molecular formula is C6H15N2O3P. The van der Waals surface area contributed by atoms with Crippen LogP contribution in [0.4, 0.5) is 0 Å². The lowest BCUT2D eigenvalue weighted by Gasteiger charge is -2.22. The van der Waals surface area contributed by atoms with Crippen molar-refractivity contribution in [3.05, 3.63) is 0 Å². The van der Waals surface area contributed by atoms with E-state index in [1.165, 1.54) is 0 Å². The maximum Gasteiger partial charge on any atom is 0.234 e. The second-order valence-electron chi connectivity index (χ2n) is 2.78. The van der Waals surface area contributed by atoms with E-state index < -0.39 is 14.2 Å². The summed E-state index contributed by atoms with van der Waals surface area (Å²) in [6, 6.07) is 0. The van der Waals surface area contributed by atoms with E-state index in [1.807, 2.05) is 0 Å². The summed E-state index contributed by atoms with van der Waals surface area (Å²) < 4.78 is 0. The Bertz CT molecular complexity index is 144. The SMILES string of the molecule is CC(C)C(NC(=O)CN)P(O)O. The minimum atomic E-state index is -2.13. The molecule has 5 nitrogen and oxygen atoms in total. The van der Waals surface area contributed by atoms with E-state index in [9.17, 15) is 4.79 Å². The van der Waals surface area contributed by atoms with Gasteiger partial charge in [0.1, 0.15) is 5.78 Å². The van der Waals surface area contributed by atoms with Gasteiger partial charge in [0.15, 0.2) is 8.38 Å². The average molecular weight is 194 g/mol. The van der Waals surface area contributed by atoms with Crippen LogP contribution in [0, 0.1) is 5.92 Å². The lowest BCUT2D eigenvalue weighted by Crippen LogP contribution is -2.40. The normalized spacial score (nSPS) is 13.6. The van der Waals surface area contributed by atoms with Crippen molar-refractivity contribution in [1.82, 2.24) is 5.32 Å². The summed E-state index contributed by atoms with van der Waals surface area (Å²) in [6.07, 6.45) is 0. The summed E-state index contributed by atoms with van der Waals surface area (Å²) in [5.74, 6) is -0.970. The molecule has 0 aromatic rings. The van der Waals surface area contributed by atoms with Crippen LogP contribution >= 0.6 is 8.38 Å². The number of carbonyl (C=O) groups excluding carboxylic acids is 1. The van der Waals surface area contributed by atoms with Gasteiger partial charge in [-0.05, 0) is 5.92 Å². The highest BCUT2D eigenvalue weighted by Gasteiger charge is 2.22. The Kier molecular flexibility index (Phi) is 5.33. The average Bonchev–Trinajstić information content (AvgIpc) is 1.98. The minimum Gasteiger partial charge on any atom is -0.349 e. The molecule has 12 heavy (non-hydrogen) atoms. The molecule has 5 N–H and O–H groups in total. The van der Waals surface area contributed by atoms with E-state index >= 15 is 0 Å². The molecule has 0 aromatic carbocycles. The van der Waals surface area contributed by atoms with Gasteiger partial charge >= 0.3 is 0 Å². The molecule has 0 aliphatic carbocycles. The molecule has 0 radical (unpaired) electrons. The van der Waals surface area contributed by atoms with Crippen molar-refractivity contribution in [1.29, 1.82) is 0 Å². The first-order valence-corrected chi connectivity index (χ1v) is 4.97. The smallest absolute Gasteiger partial charge is 0.234 e. The van der Waals surface area contributed by atoms with Gasteiger partial charge in [-0.25, -0.2) is 0 Å². The Morgan fingerprint density at radius 3 is 2.33 bits per heavy atom. The number of nitrogens with two attached hydrogens (primary N) is 1. The Morgan fingerprint density at radius 2 is 2.08 bits per heavy atom. The van der Waals surface area contributed by atoms with Crippen molar-refractivity contribution >= 4 is 14.3 Å². The number of hydrogen-bond donors (Lipinski definition) is 4. The minimum absolute atomic E-state index is 0.0124. The highest BCUT2D eigenvalue weighted by Crippen LogP contribution is 2.33. The van der Waals surface area contributed by atoms with Gasteiger partial charge in [-0.3, -0.25) is 4.79 Å². The standard InChI is InChI=1S/C6H15N2O3P/c1-4(2)6(12(10)11)8-5(9)3-7/h4,6,10-11H,3,7H2,1-2H3,(H,8,9). The first-order valence-electron chi connectivity index (χ1n) is 3.65. The Balaban J connectivity index is 4.05. The Morgan fingerprint density at radius 1 is 1.58 bits per heavy atom. The summed E-state index contributed by atoms with van der Waals surface area (Å²) in [5, 5.41) is 2.43. The molecule has 1 unspecified atom stereocenters. The molecule has 0 rings (SSSR count). The zero-order valence-corrected chi connectivity index (χ0v) is 8.08. The Hall–Kier alpha value is -0.220. The number of rotatable bonds is 4. The monoisotopic (exact) mass is 194 g/mol. The fourth-order valence-corrected chi connectivity index (χ4v) is 1.51. The number of nitrogens with one attached hydrogen (secondary N) is 1. The molecule has 0 heterocycles. The van der Waals surface area contributed by atoms with Crippen LogP contribution in [-0.2, 0) is 4.79 Å². The summed E-state index contributed by atoms with van der Waals surface area (Å²) in [7, 11) is -2.13. The Labute approximate surface area is 72.9 Å². The largest absolute Gasteiger partial charge is 0.349 e. The van der Waals surface area contributed by atoms with E-state index in [-0.39, 0.29) is 18.4 Å². The van der Waals surface area contributed by atoms with Crippen molar-refractivity contribution in [2.45, 2.75) is 19.6 Å². The van der Waals surface area contributed by atoms with Gasteiger partial charge in [0.05, 0.1) is 6.54 Å². The summed E-state index contributed by atoms with van der Waals surface area (Å²) in [5.41, 5.74) is 5.05. The number of amides is 1. The third-order valence-electron chi connectivity index (χ3n) is 1.37. The van der Waals surface area contributed by atoms with Crippen molar-refractivity contribution < 1.29 is 14.6 Å². The highest BCUT2D eigenvalue weighted by atomic mass is 31.2. The van der Waals surface area contributed by atoms with Crippen LogP contribution in [0.2, 0.25) is 0 Å². The van der Waals surface area contributed by atoms with Gasteiger partial charge in [0.2, 0.25) is 5.91 Å². The molecule has 1 atom stereocenters. The summed E-state index contributed by atoms with van der Waals surface area (Å²) in [4.78, 5) is 28.6. The topological polar surface area (TPSA) is 95.6 Å². The van der Waals surface area contributed by atoms with Gasteiger partial charge in [-0.2, -0.15) is 0 Å². The second-order valence-corrected chi connectivity index (χ2v) is 3.98. The van der Waals surface area contributed by atoms with Crippen LogP contribution in [-0.4, -0.2) is 28.0 Å². The van der Waals surface area contributed by atoms with Gasteiger partial charge in [0, 0.05) is 0 Å². The van der Waals surface area contributed by atoms with Crippen molar-refractivity contribution in [2.75, 3.05) is 6.54 Å². The molecule has 0 saturated carbocycles. The molecule has 0 bridgehead atoms. The maximum absolute atomic E-state index is 10.8. The molecule has 0 aromatic heterocycles. The van der Waals surface area contributed by atoms with Crippen LogP contribution in [0.3, 0.4) is 0 Å². The van der Waals surface area contributed by atoms with Crippen LogP contribution in [0.15, 0.2) is 0 Å². The lowest BCUT2D eigenvalue weighted by molar-refractivity contribution is -0.120. The number of hydrogen-bond acceptors (Lipinski definition) is 4. The van der Waals surface area contributed by atoms with Crippen LogP contribution < -0.4 is 11.1 Å². The maximum atomic E-state index is 10.8. The fraction of sp³-hybridized carbons (Fsp3) is 0.833. The molecule has 0 aliphatic heterocycles. The highest BCUT2D eigenvalue weighted by molar-refractivity contribution is 7.45. The van der Waals surface area contributed by atoms with Crippen molar-refractivity contribution in [2.24, 2.45) is 11.7 Å². The number of carbonyl (C=O) groups is 1. The summed E-state index contributed by atoms with van der Waals surface area (Å²) in [6.45, 7) is 3.46. The quantitative estimate of drug-likeness (QED) is 0.447. The van der Waals surface area contributed by atoms with Crippen LogP contribution in [0.1, 0.15) is 13.8 Å². The first-order chi connectivity index (χ1) is 5.49. The van der Waals surface area contributed by atoms with Crippen LogP contribution in [0.25, 0.3) is 0 Å². The van der Waals surface area contributed by atoms with Crippen molar-refractivity contribution in [3.8, 4) is 0 Å². The molecule has 72 valence electrons. The molecule has 0 fully saturated rings.